The number of rotatable bonds is 3. The average molecular weight is 531 g/mol. The Balaban J connectivity index is 1.21. The summed E-state index contributed by atoms with van der Waals surface area (Å²) in [5, 5.41) is 43.0. The van der Waals surface area contributed by atoms with Crippen LogP contribution < -0.4 is 5.63 Å². The van der Waals surface area contributed by atoms with Crippen molar-refractivity contribution in [1.82, 2.24) is 0 Å². The van der Waals surface area contributed by atoms with Gasteiger partial charge in [0, 0.05) is 11.5 Å². The molecule has 5 aliphatic rings. The molecule has 0 bridgehead atoms. The molecular formula is C30H42O8. The van der Waals surface area contributed by atoms with E-state index in [1.807, 2.05) is 6.07 Å². The maximum atomic E-state index is 12.4. The Morgan fingerprint density at radius 1 is 0.947 bits per heavy atom. The van der Waals surface area contributed by atoms with E-state index in [-0.39, 0.29) is 34.4 Å². The molecule has 0 unspecified atom stereocenters. The van der Waals surface area contributed by atoms with E-state index < -0.39 is 36.3 Å². The molecule has 8 nitrogen and oxygen atoms in total. The van der Waals surface area contributed by atoms with Crippen LogP contribution in [0.25, 0.3) is 0 Å². The molecule has 1 aromatic rings. The molecule has 38 heavy (non-hydrogen) atoms. The number of hydrogen-bond acceptors (Lipinski definition) is 8. The zero-order chi connectivity index (χ0) is 27.0. The Kier molecular flexibility index (Phi) is 6.49. The maximum absolute atomic E-state index is 12.4. The third-order valence-electron chi connectivity index (χ3n) is 11.5. The van der Waals surface area contributed by atoms with Gasteiger partial charge in [0.05, 0.1) is 24.1 Å². The molecule has 210 valence electrons. The molecule has 3 saturated carbocycles. The minimum atomic E-state index is -1.31. The van der Waals surface area contributed by atoms with Crippen molar-refractivity contribution >= 4 is 0 Å². The summed E-state index contributed by atoms with van der Waals surface area (Å²) in [6, 6.07) is 3.36. The quantitative estimate of drug-likeness (QED) is 0.439. The van der Waals surface area contributed by atoms with E-state index in [1.54, 1.807) is 13.2 Å². The third-order valence-corrected chi connectivity index (χ3v) is 11.5. The maximum Gasteiger partial charge on any atom is 0.335 e. The van der Waals surface area contributed by atoms with Crippen LogP contribution in [-0.2, 0) is 9.47 Å². The second kappa shape index (κ2) is 9.25. The average Bonchev–Trinajstić information content (AvgIpc) is 3.18. The molecule has 4 N–H and O–H groups in total. The van der Waals surface area contributed by atoms with Crippen LogP contribution in [0.4, 0.5) is 0 Å². The second-order valence-corrected chi connectivity index (χ2v) is 13.1. The molecule has 1 aromatic heterocycles. The highest BCUT2D eigenvalue weighted by atomic mass is 16.7. The van der Waals surface area contributed by atoms with Crippen molar-refractivity contribution in [2.24, 2.45) is 22.7 Å². The Morgan fingerprint density at radius 3 is 2.47 bits per heavy atom. The molecule has 0 aromatic carbocycles. The Morgan fingerprint density at radius 2 is 1.74 bits per heavy atom. The summed E-state index contributed by atoms with van der Waals surface area (Å²) < 4.78 is 17.0. The van der Waals surface area contributed by atoms with Crippen LogP contribution in [0.3, 0.4) is 0 Å². The number of aliphatic hydroxyl groups excluding tert-OH is 3. The molecule has 4 aliphatic carbocycles. The van der Waals surface area contributed by atoms with Gasteiger partial charge >= 0.3 is 5.63 Å². The summed E-state index contributed by atoms with van der Waals surface area (Å²) in [5.41, 5.74) is 0.991. The van der Waals surface area contributed by atoms with E-state index in [4.69, 9.17) is 13.9 Å². The molecule has 2 heterocycles. The summed E-state index contributed by atoms with van der Waals surface area (Å²) >= 11 is 0. The van der Waals surface area contributed by atoms with E-state index in [0.717, 1.165) is 56.9 Å². The van der Waals surface area contributed by atoms with Crippen LogP contribution in [0.1, 0.15) is 83.6 Å². The van der Waals surface area contributed by atoms with Gasteiger partial charge in [-0.1, -0.05) is 25.5 Å². The normalized spacial score (nSPS) is 50.5. The summed E-state index contributed by atoms with van der Waals surface area (Å²) in [6.07, 6.45) is 5.32. The first kappa shape index (κ1) is 26.7. The molecule has 1 saturated heterocycles. The van der Waals surface area contributed by atoms with Gasteiger partial charge in [0.1, 0.15) is 18.3 Å². The molecule has 8 heteroatoms. The van der Waals surface area contributed by atoms with Gasteiger partial charge < -0.3 is 34.3 Å². The predicted octanol–water partition coefficient (Wildman–Crippen LogP) is 3.01. The van der Waals surface area contributed by atoms with Gasteiger partial charge in [-0.25, -0.2) is 4.79 Å². The van der Waals surface area contributed by atoms with E-state index in [9.17, 15) is 25.2 Å². The Hall–Kier alpha value is -1.55. The number of fused-ring (bicyclic) bond motifs is 5. The van der Waals surface area contributed by atoms with Crippen molar-refractivity contribution < 1.29 is 34.3 Å². The van der Waals surface area contributed by atoms with Crippen LogP contribution >= 0.6 is 0 Å². The van der Waals surface area contributed by atoms with Crippen molar-refractivity contribution in [3.05, 3.63) is 46.0 Å². The largest absolute Gasteiger partial charge is 0.431 e. The fourth-order valence-corrected chi connectivity index (χ4v) is 9.17. The van der Waals surface area contributed by atoms with Crippen molar-refractivity contribution in [3.63, 3.8) is 0 Å². The monoisotopic (exact) mass is 530 g/mol. The fraction of sp³-hybridized carbons (Fsp3) is 0.767. The highest BCUT2D eigenvalue weighted by molar-refractivity contribution is 5.31. The van der Waals surface area contributed by atoms with Gasteiger partial charge in [-0.15, -0.1) is 0 Å². The molecule has 12 atom stereocenters. The molecule has 0 amide bonds. The lowest BCUT2D eigenvalue weighted by Crippen LogP contribution is -2.60. The van der Waals surface area contributed by atoms with Crippen molar-refractivity contribution in [2.75, 3.05) is 0 Å². The van der Waals surface area contributed by atoms with Gasteiger partial charge in [-0.2, -0.15) is 0 Å². The lowest BCUT2D eigenvalue weighted by Gasteiger charge is -2.62. The molecule has 0 spiro atoms. The first-order chi connectivity index (χ1) is 18.0. The topological polar surface area (TPSA) is 130 Å². The Bertz CT molecular complexity index is 1130. The number of ether oxygens (including phenoxy) is 2. The highest BCUT2D eigenvalue weighted by Crippen LogP contribution is 2.70. The van der Waals surface area contributed by atoms with Crippen molar-refractivity contribution in [3.8, 4) is 0 Å². The Labute approximate surface area is 223 Å². The summed E-state index contributed by atoms with van der Waals surface area (Å²) in [6.45, 7) is 6.26. The summed E-state index contributed by atoms with van der Waals surface area (Å²) in [4.78, 5) is 11.5. The van der Waals surface area contributed by atoms with Crippen LogP contribution in [0.2, 0.25) is 0 Å². The highest BCUT2D eigenvalue weighted by Gasteiger charge is 2.66. The van der Waals surface area contributed by atoms with Crippen molar-refractivity contribution in [1.29, 1.82) is 0 Å². The zero-order valence-electron chi connectivity index (χ0n) is 22.6. The van der Waals surface area contributed by atoms with Gasteiger partial charge in [-0.05, 0) is 93.1 Å². The molecule has 1 aliphatic heterocycles. The van der Waals surface area contributed by atoms with Crippen LogP contribution in [0, 0.1) is 22.7 Å². The van der Waals surface area contributed by atoms with Gasteiger partial charge in [-0.3, -0.25) is 0 Å². The lowest BCUT2D eigenvalue weighted by atomic mass is 9.45. The number of hydrogen-bond donors (Lipinski definition) is 4. The van der Waals surface area contributed by atoms with Gasteiger partial charge in [0.25, 0.3) is 0 Å². The van der Waals surface area contributed by atoms with E-state index in [2.05, 4.69) is 19.9 Å². The SMILES string of the molecule is C[C@@H]1O[C@@H](O[C@@H]2C=C3CC[C@@H]4[C@@H](CC[C@]5(C)[C@@H](c6ccc(=O)oc6)CC[C@]45O)[C@@]3(C)CC2)[C@H](O)[C@H](O)[C@H]1O. The van der Waals surface area contributed by atoms with Crippen LogP contribution in [0.5, 0.6) is 0 Å². The van der Waals surface area contributed by atoms with Crippen LogP contribution in [0.15, 0.2) is 39.3 Å². The van der Waals surface area contributed by atoms with Crippen LogP contribution in [-0.4, -0.2) is 62.8 Å². The molecule has 0 radical (unpaired) electrons. The summed E-state index contributed by atoms with van der Waals surface area (Å²) in [7, 11) is 0. The van der Waals surface area contributed by atoms with Crippen molar-refractivity contribution in [2.45, 2.75) is 120 Å². The van der Waals surface area contributed by atoms with E-state index >= 15 is 0 Å². The van der Waals surface area contributed by atoms with Gasteiger partial charge in [0.15, 0.2) is 6.29 Å². The molecular weight excluding hydrogens is 488 g/mol. The number of allylic oxidation sites excluding steroid dienone is 1. The second-order valence-electron chi connectivity index (χ2n) is 13.1. The smallest absolute Gasteiger partial charge is 0.335 e. The lowest BCUT2D eigenvalue weighted by molar-refractivity contribution is -0.301. The standard InChI is InChI=1S/C30H42O8/c1-16-24(32)25(33)26(34)27(37-16)38-19-8-11-28(2)18(14-19)5-6-22-21(28)9-12-29(3)20(10-13-30(22,29)35)17-4-7-23(31)36-15-17/h4,7,14-16,19-22,24-27,32-35H,5-6,8-13H2,1-3H3/t16-,19-,20+,21+,22+,24-,25+,26+,27-,28-,29+,30-/m0/s1. The first-order valence-electron chi connectivity index (χ1n) is 14.4. The zero-order valence-corrected chi connectivity index (χ0v) is 22.6. The number of aliphatic hydroxyl groups is 4. The third kappa shape index (κ3) is 3.82. The van der Waals surface area contributed by atoms with E-state index in [1.165, 1.54) is 11.6 Å². The minimum absolute atomic E-state index is 0.0213. The molecule has 6 rings (SSSR count). The molecule has 4 fully saturated rings. The van der Waals surface area contributed by atoms with E-state index in [0.29, 0.717) is 5.92 Å². The minimum Gasteiger partial charge on any atom is -0.431 e. The fourth-order valence-electron chi connectivity index (χ4n) is 9.17. The van der Waals surface area contributed by atoms with Gasteiger partial charge in [0.2, 0.25) is 0 Å². The first-order valence-corrected chi connectivity index (χ1v) is 14.4. The summed E-state index contributed by atoms with van der Waals surface area (Å²) in [5.74, 6) is 0.759. The predicted molar refractivity (Wildman–Crippen MR) is 138 cm³/mol.